The highest BCUT2D eigenvalue weighted by Gasteiger charge is 2.42. The van der Waals surface area contributed by atoms with Crippen LogP contribution in [0.2, 0.25) is 0 Å². The molecule has 1 aromatic carbocycles. The van der Waals surface area contributed by atoms with Gasteiger partial charge in [-0.1, -0.05) is 18.2 Å². The molecule has 7 heteroatoms. The average molecular weight is 311 g/mol. The first-order valence-electron chi connectivity index (χ1n) is 6.66. The normalized spacial score (nSPS) is 19.0. The molecule has 0 aliphatic carbocycles. The molecule has 0 unspecified atom stereocenters. The molecule has 2 rings (SSSR count). The average Bonchev–Trinajstić information content (AvgIpc) is 2.44. The topological polar surface area (TPSA) is 44.7 Å². The molecule has 0 saturated carbocycles. The number of hydrogen-bond acceptors (Lipinski definition) is 2. The molecule has 0 radical (unpaired) electrons. The Morgan fingerprint density at radius 3 is 2.41 bits per heavy atom. The third-order valence-electron chi connectivity index (χ3n) is 3.23. The van der Waals surface area contributed by atoms with Crippen LogP contribution in [0.4, 0.5) is 23.7 Å². The minimum Gasteiger partial charge on any atom is -0.378 e. The number of allylic oxidation sites excluding steroid dienone is 1. The molecule has 0 fully saturated rings. The van der Waals surface area contributed by atoms with Gasteiger partial charge >= 0.3 is 12.2 Å². The van der Waals surface area contributed by atoms with E-state index >= 15 is 0 Å². The van der Waals surface area contributed by atoms with Crippen molar-refractivity contribution in [1.29, 1.82) is 0 Å². The summed E-state index contributed by atoms with van der Waals surface area (Å²) in [6.07, 6.45) is -1.74. The summed E-state index contributed by atoms with van der Waals surface area (Å²) in [4.78, 5) is 16.7. The smallest absolute Gasteiger partial charge is 0.378 e. The van der Waals surface area contributed by atoms with Crippen LogP contribution in [0.15, 0.2) is 35.3 Å². The number of benzene rings is 1. The molecule has 1 atom stereocenters. The van der Waals surface area contributed by atoms with Crippen molar-refractivity contribution in [3.63, 3.8) is 0 Å². The molecule has 4 nitrogen and oxygen atoms in total. The lowest BCUT2D eigenvalue weighted by Gasteiger charge is -2.23. The van der Waals surface area contributed by atoms with E-state index in [2.05, 4.69) is 4.99 Å². The van der Waals surface area contributed by atoms with E-state index in [1.54, 1.807) is 6.08 Å². The Hall–Kier alpha value is -2.31. The second kappa shape index (κ2) is 6.21. The minimum absolute atomic E-state index is 0.114. The third kappa shape index (κ3) is 4.09. The number of carbonyl (C=O) groups is 1. The summed E-state index contributed by atoms with van der Waals surface area (Å²) in [5.74, 6) is 0. The summed E-state index contributed by atoms with van der Waals surface area (Å²) in [5.41, 5.74) is 1.95. The van der Waals surface area contributed by atoms with Crippen molar-refractivity contribution in [3.8, 4) is 0 Å². The zero-order valence-electron chi connectivity index (χ0n) is 12.2. The Kier molecular flexibility index (Phi) is 4.54. The second-order valence-electron chi connectivity index (χ2n) is 5.17. The van der Waals surface area contributed by atoms with Crippen molar-refractivity contribution < 1.29 is 18.0 Å². The first-order chi connectivity index (χ1) is 10.3. The van der Waals surface area contributed by atoms with Gasteiger partial charge in [-0.2, -0.15) is 18.2 Å². The molecule has 2 amide bonds. The van der Waals surface area contributed by atoms with Crippen molar-refractivity contribution >= 4 is 23.5 Å². The summed E-state index contributed by atoms with van der Waals surface area (Å²) < 4.78 is 38.0. The van der Waals surface area contributed by atoms with Gasteiger partial charge in [0.1, 0.15) is 6.04 Å². The maximum absolute atomic E-state index is 12.7. The monoisotopic (exact) mass is 311 g/mol. The highest BCUT2D eigenvalue weighted by atomic mass is 19.4. The lowest BCUT2D eigenvalue weighted by Crippen LogP contribution is -2.48. The fourth-order valence-electron chi connectivity index (χ4n) is 2.00. The van der Waals surface area contributed by atoms with Gasteiger partial charge in [-0.3, -0.25) is 0 Å². The number of carbonyl (C=O) groups excluding carboxylic acids is 1. The SMILES string of the molecule is CN(C)c1ccc(/C=C/C2=NC(=O)N[C@H](C(F)(F)F)C2)cc1. The van der Waals surface area contributed by atoms with E-state index in [0.29, 0.717) is 0 Å². The Bertz CT molecular complexity index is 603. The van der Waals surface area contributed by atoms with Crippen LogP contribution in [0.1, 0.15) is 12.0 Å². The van der Waals surface area contributed by atoms with E-state index in [1.807, 2.05) is 48.6 Å². The summed E-state index contributed by atoms with van der Waals surface area (Å²) in [6.45, 7) is 0. The highest BCUT2D eigenvalue weighted by Crippen LogP contribution is 2.25. The van der Waals surface area contributed by atoms with Crippen LogP contribution in [0.3, 0.4) is 0 Å². The van der Waals surface area contributed by atoms with Crippen molar-refractivity contribution in [3.05, 3.63) is 35.9 Å². The third-order valence-corrected chi connectivity index (χ3v) is 3.23. The first-order valence-corrected chi connectivity index (χ1v) is 6.66. The number of rotatable bonds is 3. The largest absolute Gasteiger partial charge is 0.409 e. The molecule has 1 N–H and O–H groups in total. The molecule has 0 aromatic heterocycles. The van der Waals surface area contributed by atoms with E-state index in [1.165, 1.54) is 6.08 Å². The van der Waals surface area contributed by atoms with Crippen LogP contribution in [0.5, 0.6) is 0 Å². The molecule has 1 aromatic rings. The molecule has 1 aliphatic rings. The number of amides is 2. The van der Waals surface area contributed by atoms with E-state index < -0.39 is 18.2 Å². The van der Waals surface area contributed by atoms with Gasteiger partial charge in [0.2, 0.25) is 0 Å². The summed E-state index contributed by atoms with van der Waals surface area (Å²) >= 11 is 0. The van der Waals surface area contributed by atoms with Crippen LogP contribution in [-0.2, 0) is 0 Å². The number of aliphatic imine (C=N–C) groups is 1. The molecular weight excluding hydrogens is 295 g/mol. The summed E-state index contributed by atoms with van der Waals surface area (Å²) in [5, 5.41) is 1.81. The molecule has 0 bridgehead atoms. The molecular formula is C15H16F3N3O. The van der Waals surface area contributed by atoms with Gasteiger partial charge in [0, 0.05) is 31.9 Å². The van der Waals surface area contributed by atoms with Gasteiger partial charge in [0.05, 0.1) is 0 Å². The van der Waals surface area contributed by atoms with E-state index in [0.717, 1.165) is 11.3 Å². The van der Waals surface area contributed by atoms with E-state index in [-0.39, 0.29) is 12.1 Å². The van der Waals surface area contributed by atoms with E-state index in [4.69, 9.17) is 0 Å². The second-order valence-corrected chi connectivity index (χ2v) is 5.17. The summed E-state index contributed by atoms with van der Waals surface area (Å²) in [7, 11) is 3.83. The predicted molar refractivity (Wildman–Crippen MR) is 80.2 cm³/mol. The molecule has 0 saturated heterocycles. The molecule has 1 aliphatic heterocycles. The number of nitrogens with zero attached hydrogens (tertiary/aromatic N) is 2. The zero-order chi connectivity index (χ0) is 16.3. The minimum atomic E-state index is -4.47. The number of nitrogens with one attached hydrogen (secondary N) is 1. The molecule has 1 heterocycles. The number of hydrogen-bond donors (Lipinski definition) is 1. The zero-order valence-corrected chi connectivity index (χ0v) is 12.2. The summed E-state index contributed by atoms with van der Waals surface area (Å²) in [6, 6.07) is 4.64. The first kappa shape index (κ1) is 16.1. The Morgan fingerprint density at radius 2 is 1.86 bits per heavy atom. The quantitative estimate of drug-likeness (QED) is 0.931. The van der Waals surface area contributed by atoms with Gasteiger partial charge in [-0.25, -0.2) is 4.79 Å². The van der Waals surface area contributed by atoms with Crippen LogP contribution in [-0.4, -0.2) is 38.1 Å². The molecule has 22 heavy (non-hydrogen) atoms. The lowest BCUT2D eigenvalue weighted by molar-refractivity contribution is -0.151. The highest BCUT2D eigenvalue weighted by molar-refractivity contribution is 6.06. The molecule has 0 spiro atoms. The maximum Gasteiger partial charge on any atom is 0.409 e. The van der Waals surface area contributed by atoms with Crippen LogP contribution >= 0.6 is 0 Å². The number of halogens is 3. The van der Waals surface area contributed by atoms with Crippen LogP contribution < -0.4 is 10.2 Å². The Balaban J connectivity index is 2.10. The van der Waals surface area contributed by atoms with Gasteiger partial charge in [-0.05, 0) is 23.8 Å². The van der Waals surface area contributed by atoms with Crippen molar-refractivity contribution in [1.82, 2.24) is 5.32 Å². The Morgan fingerprint density at radius 1 is 1.23 bits per heavy atom. The van der Waals surface area contributed by atoms with Crippen LogP contribution in [0, 0.1) is 0 Å². The van der Waals surface area contributed by atoms with Crippen molar-refractivity contribution in [2.24, 2.45) is 4.99 Å². The predicted octanol–water partition coefficient (Wildman–Crippen LogP) is 3.25. The number of anilines is 1. The van der Waals surface area contributed by atoms with E-state index in [9.17, 15) is 18.0 Å². The Labute approximate surface area is 126 Å². The molecule has 118 valence electrons. The van der Waals surface area contributed by atoms with Gasteiger partial charge in [0.15, 0.2) is 0 Å². The van der Waals surface area contributed by atoms with Gasteiger partial charge in [-0.15, -0.1) is 0 Å². The fraction of sp³-hybridized carbons (Fsp3) is 0.333. The van der Waals surface area contributed by atoms with Gasteiger partial charge in [0.25, 0.3) is 0 Å². The number of urea groups is 1. The standard InChI is InChI=1S/C15H16F3N3O/c1-21(2)12-7-4-10(5-8-12)3-6-11-9-13(15(16,17)18)20-14(22)19-11/h3-8,13H,9H2,1-2H3,(H,20,22)/b6-3+/t13-/m0/s1. The van der Waals surface area contributed by atoms with Crippen LogP contribution in [0.25, 0.3) is 6.08 Å². The maximum atomic E-state index is 12.7. The number of alkyl halides is 3. The lowest BCUT2D eigenvalue weighted by atomic mass is 10.1. The fourth-order valence-corrected chi connectivity index (χ4v) is 2.00. The van der Waals surface area contributed by atoms with Crippen molar-refractivity contribution in [2.75, 3.05) is 19.0 Å². The van der Waals surface area contributed by atoms with Crippen molar-refractivity contribution in [2.45, 2.75) is 18.6 Å². The van der Waals surface area contributed by atoms with Gasteiger partial charge < -0.3 is 10.2 Å².